The number of aromatic nitrogens is 2. The van der Waals surface area contributed by atoms with E-state index >= 15 is 0 Å². The Balaban J connectivity index is 1.47. The van der Waals surface area contributed by atoms with Crippen LogP contribution in [-0.4, -0.2) is 95.8 Å². The summed E-state index contributed by atoms with van der Waals surface area (Å²) in [5, 5.41) is 5.40. The van der Waals surface area contributed by atoms with Gasteiger partial charge in [-0.15, -0.1) is 0 Å². The highest BCUT2D eigenvalue weighted by atomic mass is 19.4. The number of hydrogen-bond donors (Lipinski definition) is 2. The standard InChI is InChI=1S/C40H51F3N6O6/c1-24-18-32(31(35(50)44-13-16-53-8)19-30(24)36(51)47-34-25(2)17-29(21-46-34)40(41,42)43)54-39(7,33-12-11-28(20-45-33)27-9-10-27)23-48-14-15-49(26(3)22-48)37(52)55-38(4,5)6/h11-12,17-21,26-27H,9-10,13-16,22-23H2,1-8H3,(H,44,50)(H,46,47,51)/t26-,39+/m1/s1. The van der Waals surface area contributed by atoms with Crippen LogP contribution in [0.2, 0.25) is 0 Å². The third kappa shape index (κ3) is 10.5. The van der Waals surface area contributed by atoms with Gasteiger partial charge in [0.2, 0.25) is 0 Å². The lowest BCUT2D eigenvalue weighted by molar-refractivity contribution is -0.137. The zero-order chi connectivity index (χ0) is 40.3. The molecule has 3 amide bonds. The van der Waals surface area contributed by atoms with E-state index in [4.69, 9.17) is 19.2 Å². The third-order valence-corrected chi connectivity index (χ3v) is 9.62. The maximum atomic E-state index is 13.8. The first kappa shape index (κ1) is 41.4. The zero-order valence-electron chi connectivity index (χ0n) is 32.7. The molecule has 1 saturated heterocycles. The van der Waals surface area contributed by atoms with Gasteiger partial charge in [0.25, 0.3) is 11.8 Å². The highest BCUT2D eigenvalue weighted by molar-refractivity contribution is 6.07. The molecular formula is C40H51F3N6O6. The maximum Gasteiger partial charge on any atom is 0.417 e. The Morgan fingerprint density at radius 3 is 2.24 bits per heavy atom. The van der Waals surface area contributed by atoms with E-state index in [9.17, 15) is 27.6 Å². The number of aryl methyl sites for hydroxylation is 2. The van der Waals surface area contributed by atoms with Crippen LogP contribution in [0.15, 0.2) is 42.7 Å². The molecule has 0 spiro atoms. The van der Waals surface area contributed by atoms with Gasteiger partial charge in [-0.05, 0) is 108 Å². The minimum absolute atomic E-state index is 0.0434. The number of ether oxygens (including phenoxy) is 3. The summed E-state index contributed by atoms with van der Waals surface area (Å²) in [6, 6.07) is 7.76. The number of hydrogen-bond acceptors (Lipinski definition) is 9. The Morgan fingerprint density at radius 2 is 1.65 bits per heavy atom. The van der Waals surface area contributed by atoms with Gasteiger partial charge in [0, 0.05) is 63.8 Å². The SMILES string of the molecule is COCCNC(=O)c1cc(C(=O)Nc2ncc(C(F)(F)F)cc2C)c(C)cc1O[C@@](C)(CN1CCN(C(=O)OC(C)(C)C)[C@H](C)C1)c1ccc(C2CC2)cn1. The van der Waals surface area contributed by atoms with Crippen LogP contribution in [0, 0.1) is 13.8 Å². The lowest BCUT2D eigenvalue weighted by atomic mass is 9.97. The smallest absolute Gasteiger partial charge is 0.417 e. The Labute approximate surface area is 320 Å². The second kappa shape index (κ2) is 16.5. The van der Waals surface area contributed by atoms with Crippen LogP contribution in [-0.2, 0) is 21.3 Å². The van der Waals surface area contributed by atoms with Gasteiger partial charge in [-0.2, -0.15) is 13.2 Å². The molecule has 1 saturated carbocycles. The van der Waals surface area contributed by atoms with Gasteiger partial charge in [-0.1, -0.05) is 6.07 Å². The number of carbonyl (C=O) groups excluding carboxylic acids is 3. The van der Waals surface area contributed by atoms with E-state index < -0.39 is 34.8 Å². The molecule has 5 rings (SSSR count). The molecule has 1 aliphatic carbocycles. The molecule has 1 aliphatic heterocycles. The highest BCUT2D eigenvalue weighted by Crippen LogP contribution is 2.41. The Hall–Kier alpha value is -4.76. The summed E-state index contributed by atoms with van der Waals surface area (Å²) < 4.78 is 57.4. The normalized spacial score (nSPS) is 17.7. The summed E-state index contributed by atoms with van der Waals surface area (Å²) in [6.45, 7) is 14.7. The maximum absolute atomic E-state index is 13.8. The van der Waals surface area contributed by atoms with Gasteiger partial charge < -0.3 is 29.7 Å². The molecule has 12 nitrogen and oxygen atoms in total. The minimum Gasteiger partial charge on any atom is -0.479 e. The Kier molecular flexibility index (Phi) is 12.4. The molecule has 2 atom stereocenters. The van der Waals surface area contributed by atoms with Crippen molar-refractivity contribution >= 4 is 23.7 Å². The van der Waals surface area contributed by atoms with Crippen LogP contribution in [0.1, 0.15) is 102 Å². The van der Waals surface area contributed by atoms with E-state index in [1.807, 2.05) is 46.9 Å². The van der Waals surface area contributed by atoms with Crippen molar-refractivity contribution in [3.8, 4) is 5.75 Å². The second-order valence-electron chi connectivity index (χ2n) is 15.6. The number of anilines is 1. The number of benzene rings is 1. The Morgan fingerprint density at radius 1 is 0.927 bits per heavy atom. The summed E-state index contributed by atoms with van der Waals surface area (Å²) in [5.74, 6) is -0.547. The van der Waals surface area contributed by atoms with Crippen LogP contribution in [0.3, 0.4) is 0 Å². The predicted molar refractivity (Wildman–Crippen MR) is 200 cm³/mol. The molecule has 0 bridgehead atoms. The number of alkyl halides is 3. The average Bonchev–Trinajstić information content (AvgIpc) is 3.94. The molecule has 15 heteroatoms. The first-order valence-corrected chi connectivity index (χ1v) is 18.4. The lowest BCUT2D eigenvalue weighted by Crippen LogP contribution is -2.57. The molecule has 3 heterocycles. The molecule has 2 fully saturated rings. The van der Waals surface area contributed by atoms with Gasteiger partial charge >= 0.3 is 12.3 Å². The van der Waals surface area contributed by atoms with Crippen LogP contribution in [0.5, 0.6) is 5.75 Å². The zero-order valence-corrected chi connectivity index (χ0v) is 32.7. The van der Waals surface area contributed by atoms with Crippen molar-refractivity contribution in [2.45, 2.75) is 90.6 Å². The fourth-order valence-corrected chi connectivity index (χ4v) is 6.57. The van der Waals surface area contributed by atoms with Crippen molar-refractivity contribution in [3.05, 3.63) is 81.8 Å². The summed E-state index contributed by atoms with van der Waals surface area (Å²) in [5.41, 5.74) is -0.164. The van der Waals surface area contributed by atoms with Crippen molar-refractivity contribution in [2.24, 2.45) is 0 Å². The van der Waals surface area contributed by atoms with E-state index in [1.165, 1.54) is 20.1 Å². The molecule has 55 heavy (non-hydrogen) atoms. The summed E-state index contributed by atoms with van der Waals surface area (Å²) in [7, 11) is 1.51. The summed E-state index contributed by atoms with van der Waals surface area (Å²) >= 11 is 0. The van der Waals surface area contributed by atoms with Crippen molar-refractivity contribution < 1.29 is 41.8 Å². The second-order valence-corrected chi connectivity index (χ2v) is 15.6. The molecule has 298 valence electrons. The number of carbonyl (C=O) groups is 3. The third-order valence-electron chi connectivity index (χ3n) is 9.62. The van der Waals surface area contributed by atoms with E-state index in [0.717, 1.165) is 24.5 Å². The Bertz CT molecular complexity index is 1880. The minimum atomic E-state index is -4.59. The van der Waals surface area contributed by atoms with Crippen molar-refractivity contribution in [2.75, 3.05) is 51.8 Å². The van der Waals surface area contributed by atoms with E-state index in [1.54, 1.807) is 17.9 Å². The molecule has 3 aromatic rings. The molecule has 1 aromatic carbocycles. The first-order chi connectivity index (χ1) is 25.8. The number of pyridine rings is 2. The largest absolute Gasteiger partial charge is 0.479 e. The van der Waals surface area contributed by atoms with Crippen molar-refractivity contribution in [1.29, 1.82) is 0 Å². The van der Waals surface area contributed by atoms with E-state index in [0.29, 0.717) is 49.6 Å². The molecule has 2 aromatic heterocycles. The molecule has 0 unspecified atom stereocenters. The number of methoxy groups -OCH3 is 1. The quantitative estimate of drug-likeness (QED) is 0.190. The predicted octanol–water partition coefficient (Wildman–Crippen LogP) is 6.85. The number of nitrogens with one attached hydrogen (secondary N) is 2. The molecule has 2 N–H and O–H groups in total. The van der Waals surface area contributed by atoms with Crippen LogP contribution < -0.4 is 15.4 Å². The molecule has 2 aliphatic rings. The van der Waals surface area contributed by atoms with Gasteiger partial charge in [0.05, 0.1) is 23.4 Å². The fraction of sp³-hybridized carbons (Fsp3) is 0.525. The van der Waals surface area contributed by atoms with Gasteiger partial charge in [-0.25, -0.2) is 9.78 Å². The van der Waals surface area contributed by atoms with Gasteiger partial charge in [0.15, 0.2) is 5.60 Å². The molecular weight excluding hydrogens is 717 g/mol. The monoisotopic (exact) mass is 768 g/mol. The van der Waals surface area contributed by atoms with Crippen molar-refractivity contribution in [3.63, 3.8) is 0 Å². The molecule has 0 radical (unpaired) electrons. The van der Waals surface area contributed by atoms with Gasteiger partial charge in [0.1, 0.15) is 17.2 Å². The average molecular weight is 769 g/mol. The lowest BCUT2D eigenvalue weighted by Gasteiger charge is -2.43. The fourth-order valence-electron chi connectivity index (χ4n) is 6.57. The number of amides is 3. The summed E-state index contributed by atoms with van der Waals surface area (Å²) in [4.78, 5) is 53.0. The van der Waals surface area contributed by atoms with Crippen LogP contribution in [0.4, 0.5) is 23.8 Å². The number of nitrogens with zero attached hydrogens (tertiary/aromatic N) is 4. The topological polar surface area (TPSA) is 135 Å². The van der Waals surface area contributed by atoms with Crippen LogP contribution >= 0.6 is 0 Å². The summed E-state index contributed by atoms with van der Waals surface area (Å²) in [6.07, 6.45) is -0.206. The van der Waals surface area contributed by atoms with Crippen molar-refractivity contribution in [1.82, 2.24) is 25.1 Å². The van der Waals surface area contributed by atoms with E-state index in [-0.39, 0.29) is 53.5 Å². The van der Waals surface area contributed by atoms with Gasteiger partial charge in [-0.3, -0.25) is 19.5 Å². The van der Waals surface area contributed by atoms with Crippen LogP contribution in [0.25, 0.3) is 0 Å². The number of piperazine rings is 1. The van der Waals surface area contributed by atoms with E-state index in [2.05, 4.69) is 26.6 Å². The number of halogens is 3. The first-order valence-electron chi connectivity index (χ1n) is 18.4. The highest BCUT2D eigenvalue weighted by Gasteiger charge is 2.39. The number of rotatable bonds is 12.